The lowest BCUT2D eigenvalue weighted by atomic mass is 10.1. The van der Waals surface area contributed by atoms with Crippen LogP contribution < -0.4 is 15.5 Å². The van der Waals surface area contributed by atoms with Gasteiger partial charge in [0.2, 0.25) is 5.91 Å². The van der Waals surface area contributed by atoms with E-state index in [9.17, 15) is 9.59 Å². The Hall–Kier alpha value is -2.82. The van der Waals surface area contributed by atoms with Gasteiger partial charge in [0.15, 0.2) is 0 Å². The smallest absolute Gasteiger partial charge is 0.319 e. The SMILES string of the molecule is Cc1ccc(NC(=O)N[C@@H]2CC(=O)N(c3ccc(C)c(C)c3)C2)c(C)c1. The molecule has 136 valence electrons. The summed E-state index contributed by atoms with van der Waals surface area (Å²) in [7, 11) is 0. The summed E-state index contributed by atoms with van der Waals surface area (Å²) in [5, 5.41) is 5.78. The summed E-state index contributed by atoms with van der Waals surface area (Å²) in [6, 6.07) is 11.4. The molecule has 2 N–H and O–H groups in total. The Bertz CT molecular complexity index is 860. The van der Waals surface area contributed by atoms with Crippen molar-refractivity contribution in [3.8, 4) is 0 Å². The first-order valence-corrected chi connectivity index (χ1v) is 8.86. The molecular weight excluding hydrogens is 326 g/mol. The fourth-order valence-electron chi connectivity index (χ4n) is 3.24. The molecule has 1 aliphatic rings. The molecule has 0 aromatic heterocycles. The first-order valence-electron chi connectivity index (χ1n) is 8.86. The molecule has 3 amide bonds. The minimum absolute atomic E-state index is 0.0325. The highest BCUT2D eigenvalue weighted by Gasteiger charge is 2.31. The fourth-order valence-corrected chi connectivity index (χ4v) is 3.24. The average Bonchev–Trinajstić information content (AvgIpc) is 2.93. The predicted octanol–water partition coefficient (Wildman–Crippen LogP) is 3.85. The molecule has 0 aliphatic carbocycles. The van der Waals surface area contributed by atoms with E-state index in [1.807, 2.05) is 64.1 Å². The Morgan fingerprint density at radius 2 is 1.77 bits per heavy atom. The van der Waals surface area contributed by atoms with E-state index in [4.69, 9.17) is 0 Å². The third kappa shape index (κ3) is 3.87. The number of hydrogen-bond acceptors (Lipinski definition) is 2. The summed E-state index contributed by atoms with van der Waals surface area (Å²) in [6.07, 6.45) is 0.313. The second-order valence-corrected chi connectivity index (χ2v) is 7.09. The van der Waals surface area contributed by atoms with Crippen molar-refractivity contribution in [3.05, 3.63) is 58.7 Å². The van der Waals surface area contributed by atoms with Gasteiger partial charge in [-0.2, -0.15) is 0 Å². The van der Waals surface area contributed by atoms with Gasteiger partial charge in [-0.1, -0.05) is 23.8 Å². The molecule has 0 radical (unpaired) electrons. The zero-order valence-electron chi connectivity index (χ0n) is 15.7. The van der Waals surface area contributed by atoms with Gasteiger partial charge in [0.1, 0.15) is 0 Å². The number of amides is 3. The summed E-state index contributed by atoms with van der Waals surface area (Å²) in [4.78, 5) is 26.4. The maximum atomic E-state index is 12.4. The van der Waals surface area contributed by atoms with E-state index in [-0.39, 0.29) is 18.0 Å². The van der Waals surface area contributed by atoms with Crippen molar-refractivity contribution in [3.63, 3.8) is 0 Å². The van der Waals surface area contributed by atoms with E-state index in [0.29, 0.717) is 13.0 Å². The lowest BCUT2D eigenvalue weighted by Gasteiger charge is -2.19. The second kappa shape index (κ2) is 7.20. The van der Waals surface area contributed by atoms with Gasteiger partial charge in [0.25, 0.3) is 0 Å². The van der Waals surface area contributed by atoms with Crippen molar-refractivity contribution < 1.29 is 9.59 Å². The van der Waals surface area contributed by atoms with Crippen LogP contribution in [0.2, 0.25) is 0 Å². The van der Waals surface area contributed by atoms with E-state index >= 15 is 0 Å². The zero-order chi connectivity index (χ0) is 18.8. The van der Waals surface area contributed by atoms with Crippen LogP contribution in [0.1, 0.15) is 28.7 Å². The van der Waals surface area contributed by atoms with Crippen molar-refractivity contribution in [2.75, 3.05) is 16.8 Å². The normalized spacial score (nSPS) is 16.7. The van der Waals surface area contributed by atoms with E-state index in [1.54, 1.807) is 4.90 Å². The van der Waals surface area contributed by atoms with E-state index in [1.165, 1.54) is 5.56 Å². The maximum absolute atomic E-state index is 12.4. The highest BCUT2D eigenvalue weighted by molar-refractivity contribution is 5.97. The molecule has 1 atom stereocenters. The highest BCUT2D eigenvalue weighted by Crippen LogP contribution is 2.24. The quantitative estimate of drug-likeness (QED) is 0.882. The molecule has 1 fully saturated rings. The Morgan fingerprint density at radius 3 is 2.46 bits per heavy atom. The fraction of sp³-hybridized carbons (Fsp3) is 0.333. The van der Waals surface area contributed by atoms with Crippen LogP contribution >= 0.6 is 0 Å². The molecule has 1 saturated heterocycles. The summed E-state index contributed by atoms with van der Waals surface area (Å²) < 4.78 is 0. The van der Waals surface area contributed by atoms with Crippen LogP contribution in [0.3, 0.4) is 0 Å². The average molecular weight is 351 g/mol. The van der Waals surface area contributed by atoms with Crippen molar-refractivity contribution >= 4 is 23.3 Å². The molecule has 0 saturated carbocycles. The predicted molar refractivity (Wildman–Crippen MR) is 105 cm³/mol. The molecule has 5 heteroatoms. The second-order valence-electron chi connectivity index (χ2n) is 7.09. The summed E-state index contributed by atoms with van der Waals surface area (Å²) in [5.74, 6) is 0.0325. The van der Waals surface area contributed by atoms with Gasteiger partial charge in [0.05, 0.1) is 6.04 Å². The minimum Gasteiger partial charge on any atom is -0.333 e. The Labute approximate surface area is 154 Å². The standard InChI is InChI=1S/C21H25N3O2/c1-13-5-8-19(16(4)9-13)23-21(26)22-17-11-20(25)24(12-17)18-7-6-14(2)15(3)10-18/h5-10,17H,11-12H2,1-4H3,(H2,22,23,26)/t17-/m1/s1. The number of nitrogens with zero attached hydrogens (tertiary/aromatic N) is 1. The van der Waals surface area contributed by atoms with Gasteiger partial charge >= 0.3 is 6.03 Å². The number of rotatable bonds is 3. The zero-order valence-corrected chi connectivity index (χ0v) is 15.7. The topological polar surface area (TPSA) is 61.4 Å². The highest BCUT2D eigenvalue weighted by atomic mass is 16.2. The molecule has 0 spiro atoms. The molecule has 3 rings (SSSR count). The monoisotopic (exact) mass is 351 g/mol. The molecule has 1 heterocycles. The van der Waals surface area contributed by atoms with Gasteiger partial charge in [-0.05, 0) is 62.6 Å². The molecule has 5 nitrogen and oxygen atoms in total. The number of carbonyl (C=O) groups excluding carboxylic acids is 2. The number of aryl methyl sites for hydroxylation is 4. The van der Waals surface area contributed by atoms with Crippen molar-refractivity contribution in [2.24, 2.45) is 0 Å². The summed E-state index contributed by atoms with van der Waals surface area (Å²) >= 11 is 0. The Kier molecular flexibility index (Phi) is 4.98. The number of hydrogen-bond donors (Lipinski definition) is 2. The van der Waals surface area contributed by atoms with Gasteiger partial charge < -0.3 is 15.5 Å². The summed E-state index contributed by atoms with van der Waals surface area (Å²) in [5.41, 5.74) is 6.18. The molecule has 1 aliphatic heterocycles. The number of carbonyl (C=O) groups is 2. The summed E-state index contributed by atoms with van der Waals surface area (Å²) in [6.45, 7) is 8.55. The molecule has 26 heavy (non-hydrogen) atoms. The van der Waals surface area contributed by atoms with Crippen molar-refractivity contribution in [1.29, 1.82) is 0 Å². The largest absolute Gasteiger partial charge is 0.333 e. The van der Waals surface area contributed by atoms with Gasteiger partial charge in [-0.3, -0.25) is 4.79 Å². The van der Waals surface area contributed by atoms with Crippen LogP contribution in [0.15, 0.2) is 36.4 Å². The molecular formula is C21H25N3O2. The van der Waals surface area contributed by atoms with Crippen LogP contribution in [-0.4, -0.2) is 24.5 Å². The van der Waals surface area contributed by atoms with Gasteiger partial charge in [-0.15, -0.1) is 0 Å². The van der Waals surface area contributed by atoms with E-state index < -0.39 is 0 Å². The van der Waals surface area contributed by atoms with Crippen LogP contribution in [0.4, 0.5) is 16.2 Å². The van der Waals surface area contributed by atoms with Crippen molar-refractivity contribution in [2.45, 2.75) is 40.2 Å². The van der Waals surface area contributed by atoms with E-state index in [0.717, 1.165) is 28.1 Å². The van der Waals surface area contributed by atoms with Crippen LogP contribution in [0.5, 0.6) is 0 Å². The van der Waals surface area contributed by atoms with Crippen LogP contribution in [0, 0.1) is 27.7 Å². The number of benzene rings is 2. The van der Waals surface area contributed by atoms with Crippen LogP contribution in [0.25, 0.3) is 0 Å². The minimum atomic E-state index is -0.281. The molecule has 2 aromatic rings. The maximum Gasteiger partial charge on any atom is 0.319 e. The van der Waals surface area contributed by atoms with E-state index in [2.05, 4.69) is 10.6 Å². The van der Waals surface area contributed by atoms with Crippen LogP contribution in [-0.2, 0) is 4.79 Å². The molecule has 0 unspecified atom stereocenters. The third-order valence-corrected chi connectivity index (χ3v) is 4.89. The lowest BCUT2D eigenvalue weighted by molar-refractivity contribution is -0.117. The molecule has 0 bridgehead atoms. The number of urea groups is 1. The van der Waals surface area contributed by atoms with Gasteiger partial charge in [0, 0.05) is 24.3 Å². The van der Waals surface area contributed by atoms with Gasteiger partial charge in [-0.25, -0.2) is 4.79 Å². The Balaban J connectivity index is 1.63. The Morgan fingerprint density at radius 1 is 1.00 bits per heavy atom. The third-order valence-electron chi connectivity index (χ3n) is 4.89. The first kappa shape index (κ1) is 18.0. The molecule has 2 aromatic carbocycles. The number of anilines is 2. The first-order chi connectivity index (χ1) is 12.3. The lowest BCUT2D eigenvalue weighted by Crippen LogP contribution is -2.39. The number of nitrogens with one attached hydrogen (secondary N) is 2. The van der Waals surface area contributed by atoms with Crippen molar-refractivity contribution in [1.82, 2.24) is 5.32 Å².